The first-order valence-corrected chi connectivity index (χ1v) is 12.9. The lowest BCUT2D eigenvalue weighted by atomic mass is 9.70. The monoisotopic (exact) mass is 464 g/mol. The van der Waals surface area contributed by atoms with E-state index in [1.165, 1.54) is 0 Å². The average molecular weight is 465 g/mol. The number of hydrogen-bond donors (Lipinski definition) is 0. The Labute approximate surface area is 177 Å². The van der Waals surface area contributed by atoms with E-state index in [2.05, 4.69) is 5.10 Å². The Balaban J connectivity index is 1.14. The molecule has 1 aliphatic heterocycles. The SMILES string of the molecule is O=S1(=O)CC2(CCC(C[C@@H]3C[C@@H]4[C@@H]5C3[C@@]45c3cc(C(F)(F)F)nn3CC(F)F)CC2)C1. The van der Waals surface area contributed by atoms with Crippen LogP contribution in [0.15, 0.2) is 6.07 Å². The Hall–Kier alpha value is -1.19. The van der Waals surface area contributed by atoms with Crippen LogP contribution in [0.2, 0.25) is 0 Å². The Kier molecular flexibility index (Phi) is 3.97. The fraction of sp³-hybridized carbons (Fsp3) is 0.857. The van der Waals surface area contributed by atoms with Crippen LogP contribution in [0.5, 0.6) is 0 Å². The van der Waals surface area contributed by atoms with Gasteiger partial charge in [0.15, 0.2) is 15.5 Å². The maximum atomic E-state index is 13.2. The maximum Gasteiger partial charge on any atom is 0.435 e. The number of rotatable bonds is 5. The number of fused-ring (bicyclic) bond motifs is 1. The molecule has 1 saturated heterocycles. The molecule has 31 heavy (non-hydrogen) atoms. The van der Waals surface area contributed by atoms with Gasteiger partial charge in [-0.1, -0.05) is 0 Å². The highest BCUT2D eigenvalue weighted by atomic mass is 32.2. The molecule has 6 fully saturated rings. The Morgan fingerprint density at radius 3 is 2.39 bits per heavy atom. The van der Waals surface area contributed by atoms with Crippen LogP contribution < -0.4 is 0 Å². The van der Waals surface area contributed by atoms with Crippen LogP contribution in [0, 0.1) is 35.0 Å². The van der Waals surface area contributed by atoms with Gasteiger partial charge in [0.05, 0.1) is 11.5 Å². The second-order valence-corrected chi connectivity index (χ2v) is 12.8. The molecule has 6 aliphatic rings. The lowest BCUT2D eigenvalue weighted by molar-refractivity contribution is -0.141. The van der Waals surface area contributed by atoms with Crippen molar-refractivity contribution in [3.63, 3.8) is 0 Å². The topological polar surface area (TPSA) is 52.0 Å². The number of hydrogen-bond acceptors (Lipinski definition) is 3. The van der Waals surface area contributed by atoms with E-state index in [1.807, 2.05) is 0 Å². The van der Waals surface area contributed by atoms with Gasteiger partial charge in [-0.2, -0.15) is 18.3 Å². The molecule has 0 amide bonds. The summed E-state index contributed by atoms with van der Waals surface area (Å²) in [7, 11) is -2.83. The van der Waals surface area contributed by atoms with Crippen LogP contribution in [-0.2, 0) is 28.0 Å². The summed E-state index contributed by atoms with van der Waals surface area (Å²) >= 11 is 0. The van der Waals surface area contributed by atoms with E-state index in [0.717, 1.165) is 49.3 Å². The maximum absolute atomic E-state index is 13.2. The third kappa shape index (κ3) is 2.88. The molecule has 0 radical (unpaired) electrons. The van der Waals surface area contributed by atoms with Crippen LogP contribution in [0.1, 0.15) is 49.9 Å². The van der Waals surface area contributed by atoms with Crippen molar-refractivity contribution in [2.75, 3.05) is 11.5 Å². The average Bonchev–Trinajstić information content (AvgIpc) is 3.20. The number of nitrogens with zero attached hydrogens (tertiary/aromatic N) is 2. The summed E-state index contributed by atoms with van der Waals surface area (Å²) in [5.41, 5.74) is -1.06. The highest BCUT2D eigenvalue weighted by Crippen LogP contribution is 2.93. The van der Waals surface area contributed by atoms with E-state index < -0.39 is 34.7 Å². The zero-order valence-electron chi connectivity index (χ0n) is 16.9. The van der Waals surface area contributed by atoms with Crippen molar-refractivity contribution in [1.29, 1.82) is 0 Å². The third-order valence-corrected chi connectivity index (χ3v) is 11.2. The van der Waals surface area contributed by atoms with Gasteiger partial charge in [-0.3, -0.25) is 4.68 Å². The summed E-state index contributed by atoms with van der Waals surface area (Å²) in [6.07, 6.45) is -1.46. The number of alkyl halides is 5. The summed E-state index contributed by atoms with van der Waals surface area (Å²) in [5, 5.41) is 3.50. The molecular weight excluding hydrogens is 439 g/mol. The molecule has 1 aromatic rings. The zero-order valence-corrected chi connectivity index (χ0v) is 17.7. The number of halogens is 5. The van der Waals surface area contributed by atoms with Gasteiger partial charge in [0, 0.05) is 11.1 Å². The van der Waals surface area contributed by atoms with Crippen molar-refractivity contribution in [2.45, 2.75) is 63.1 Å². The molecule has 172 valence electrons. The first-order chi connectivity index (χ1) is 14.5. The van der Waals surface area contributed by atoms with Gasteiger partial charge in [-0.05, 0) is 79.6 Å². The minimum absolute atomic E-state index is 0.00460. The first-order valence-electron chi connectivity index (χ1n) is 11.1. The van der Waals surface area contributed by atoms with Gasteiger partial charge < -0.3 is 0 Å². The molecular formula is C21H25F5N2O2S. The Bertz CT molecular complexity index is 1010. The van der Waals surface area contributed by atoms with Crippen LogP contribution in [-0.4, -0.2) is 36.1 Å². The zero-order chi connectivity index (χ0) is 22.0. The van der Waals surface area contributed by atoms with Gasteiger partial charge in [0.2, 0.25) is 0 Å². The molecule has 10 heteroatoms. The van der Waals surface area contributed by atoms with E-state index in [9.17, 15) is 30.4 Å². The second-order valence-electron chi connectivity index (χ2n) is 10.8. The predicted molar refractivity (Wildman–Crippen MR) is 101 cm³/mol. The summed E-state index contributed by atoms with van der Waals surface area (Å²) < 4.78 is 89.6. The van der Waals surface area contributed by atoms with Crippen molar-refractivity contribution < 1.29 is 30.4 Å². The van der Waals surface area contributed by atoms with E-state index in [-0.39, 0.29) is 10.8 Å². The van der Waals surface area contributed by atoms with Gasteiger partial charge in [0.25, 0.3) is 6.43 Å². The van der Waals surface area contributed by atoms with Crippen molar-refractivity contribution in [3.8, 4) is 0 Å². The molecule has 4 nitrogen and oxygen atoms in total. The van der Waals surface area contributed by atoms with E-state index in [1.54, 1.807) is 0 Å². The number of sulfone groups is 1. The number of aromatic nitrogens is 2. The lowest BCUT2D eigenvalue weighted by Gasteiger charge is -2.46. The molecule has 7 rings (SSSR count). The second kappa shape index (κ2) is 6.03. The normalized spacial score (nSPS) is 39.5. The van der Waals surface area contributed by atoms with E-state index >= 15 is 0 Å². The quantitative estimate of drug-likeness (QED) is 0.611. The minimum Gasteiger partial charge on any atom is -0.263 e. The van der Waals surface area contributed by atoms with Crippen LogP contribution in [0.4, 0.5) is 22.0 Å². The fourth-order valence-corrected chi connectivity index (χ4v) is 10.3. The van der Waals surface area contributed by atoms with Crippen molar-refractivity contribution in [3.05, 3.63) is 17.5 Å². The van der Waals surface area contributed by atoms with Crippen molar-refractivity contribution in [2.24, 2.45) is 35.0 Å². The van der Waals surface area contributed by atoms with E-state index in [4.69, 9.17) is 0 Å². The standard InChI is InChI=1S/C21H25F5N2O2S/c22-16(23)8-28-15(7-14(27-28)21(24,25)26)20-13-6-12(17(20)18(13)20)5-11-1-3-19(4-2-11)9-31(29,30)10-19/h7,11-13,16-18H,1-6,8-10H2/t12-,13-,17?,18-,20+/m1/s1. The third-order valence-electron chi connectivity index (χ3n) is 9.06. The molecule has 1 aromatic heterocycles. The smallest absolute Gasteiger partial charge is 0.263 e. The molecule has 2 heterocycles. The van der Waals surface area contributed by atoms with Crippen molar-refractivity contribution in [1.82, 2.24) is 9.78 Å². The summed E-state index contributed by atoms with van der Waals surface area (Å²) in [6.45, 7) is -0.794. The summed E-state index contributed by atoms with van der Waals surface area (Å²) in [5.74, 6) is 2.55. The molecule has 5 atom stereocenters. The van der Waals surface area contributed by atoms with Gasteiger partial charge in [0.1, 0.15) is 6.54 Å². The minimum atomic E-state index is -4.64. The van der Waals surface area contributed by atoms with Gasteiger partial charge in [-0.15, -0.1) is 0 Å². The Morgan fingerprint density at radius 1 is 1.16 bits per heavy atom. The molecule has 5 aliphatic carbocycles. The molecule has 0 aromatic carbocycles. The summed E-state index contributed by atoms with van der Waals surface area (Å²) in [6, 6.07) is 1.01. The van der Waals surface area contributed by atoms with E-state index in [0.29, 0.717) is 46.8 Å². The highest BCUT2D eigenvalue weighted by Gasteiger charge is 2.92. The van der Waals surface area contributed by atoms with Gasteiger partial charge >= 0.3 is 6.18 Å². The predicted octanol–water partition coefficient (Wildman–Crippen LogP) is 4.30. The van der Waals surface area contributed by atoms with Crippen molar-refractivity contribution >= 4 is 9.84 Å². The summed E-state index contributed by atoms with van der Waals surface area (Å²) in [4.78, 5) is 0. The molecule has 5 saturated carbocycles. The van der Waals surface area contributed by atoms with Crippen LogP contribution in [0.3, 0.4) is 0 Å². The molecule has 0 N–H and O–H groups in total. The van der Waals surface area contributed by atoms with Crippen LogP contribution >= 0.6 is 0 Å². The molecule has 1 unspecified atom stereocenters. The molecule has 1 spiro atoms. The van der Waals surface area contributed by atoms with Crippen LogP contribution in [0.25, 0.3) is 0 Å². The highest BCUT2D eigenvalue weighted by molar-refractivity contribution is 7.92. The van der Waals surface area contributed by atoms with Gasteiger partial charge in [-0.25, -0.2) is 17.2 Å². The Morgan fingerprint density at radius 2 is 1.84 bits per heavy atom. The lowest BCUT2D eigenvalue weighted by Crippen LogP contribution is -2.50. The fourth-order valence-electron chi connectivity index (χ4n) is 7.93. The molecule has 2 bridgehead atoms. The largest absolute Gasteiger partial charge is 0.435 e. The first kappa shape index (κ1) is 20.4.